The fourth-order valence-electron chi connectivity index (χ4n) is 1.59. The highest BCUT2D eigenvalue weighted by Gasteiger charge is 2.25. The molecule has 0 saturated heterocycles. The molecule has 0 saturated carbocycles. The van der Waals surface area contributed by atoms with Gasteiger partial charge < -0.3 is 10.2 Å². The molecule has 8 heteroatoms. The van der Waals surface area contributed by atoms with Crippen molar-refractivity contribution in [1.82, 2.24) is 14.5 Å². The van der Waals surface area contributed by atoms with Gasteiger partial charge in [-0.1, -0.05) is 13.8 Å². The van der Waals surface area contributed by atoms with E-state index in [1.54, 1.807) is 13.1 Å². The highest BCUT2D eigenvalue weighted by atomic mass is 79.9. The molecule has 1 rings (SSSR count). The summed E-state index contributed by atoms with van der Waals surface area (Å²) >= 11 is 4.85. The molecule has 21 heavy (non-hydrogen) atoms. The molecule has 0 aromatic carbocycles. The number of likely N-dealkylation sites (N-methyl/N-ethyl adjacent to an activating group) is 2. The van der Waals surface area contributed by atoms with Crippen LogP contribution in [0.4, 0.5) is 0 Å². The van der Waals surface area contributed by atoms with Gasteiger partial charge >= 0.3 is 0 Å². The van der Waals surface area contributed by atoms with E-state index in [0.29, 0.717) is 34.4 Å². The first-order valence-corrected chi connectivity index (χ1v) is 9.82. The zero-order chi connectivity index (χ0) is 16.2. The summed E-state index contributed by atoms with van der Waals surface area (Å²) in [5.74, 6) is 0. The summed E-state index contributed by atoms with van der Waals surface area (Å²) in [6, 6.07) is 2.12. The Morgan fingerprint density at radius 1 is 1.29 bits per heavy atom. The Bertz CT molecular complexity index is 556. The van der Waals surface area contributed by atoms with Crippen LogP contribution in [0.3, 0.4) is 0 Å². The van der Waals surface area contributed by atoms with Crippen LogP contribution < -0.4 is 5.32 Å². The van der Waals surface area contributed by atoms with Gasteiger partial charge in [0.15, 0.2) is 0 Å². The molecular weight excluding hydrogens is 374 g/mol. The quantitative estimate of drug-likeness (QED) is 0.730. The maximum Gasteiger partial charge on any atom is 0.244 e. The first kappa shape index (κ1) is 19.1. The minimum atomic E-state index is -3.44. The van der Waals surface area contributed by atoms with Crippen LogP contribution in [0.5, 0.6) is 0 Å². The van der Waals surface area contributed by atoms with E-state index in [1.165, 1.54) is 15.6 Å². The van der Waals surface area contributed by atoms with Crippen molar-refractivity contribution in [2.45, 2.75) is 31.3 Å². The van der Waals surface area contributed by atoms with Gasteiger partial charge in [0, 0.05) is 37.6 Å². The Morgan fingerprint density at radius 2 is 1.90 bits per heavy atom. The topological polar surface area (TPSA) is 52.7 Å². The summed E-state index contributed by atoms with van der Waals surface area (Å²) in [4.78, 5) is 3.33. The second kappa shape index (κ2) is 8.03. The van der Waals surface area contributed by atoms with Gasteiger partial charge in [-0.05, 0) is 36.1 Å². The lowest BCUT2D eigenvalue weighted by molar-refractivity contribution is 0.358. The monoisotopic (exact) mass is 397 g/mol. The lowest BCUT2D eigenvalue weighted by Crippen LogP contribution is -2.33. The molecule has 0 fully saturated rings. The number of hydrogen-bond donors (Lipinski definition) is 1. The smallest absolute Gasteiger partial charge is 0.244 e. The molecule has 0 spiro atoms. The molecule has 0 aliphatic carbocycles. The van der Waals surface area contributed by atoms with E-state index in [-0.39, 0.29) is 0 Å². The summed E-state index contributed by atoms with van der Waals surface area (Å²) < 4.78 is 27.2. The van der Waals surface area contributed by atoms with Crippen molar-refractivity contribution in [3.63, 3.8) is 0 Å². The molecule has 0 aliphatic heterocycles. The number of thiophene rings is 1. The highest BCUT2D eigenvalue weighted by Crippen LogP contribution is 2.33. The summed E-state index contributed by atoms with van der Waals surface area (Å²) in [5.41, 5.74) is 0. The third-order valence-electron chi connectivity index (χ3n) is 2.94. The minimum absolute atomic E-state index is 0.356. The maximum atomic E-state index is 12.6. The van der Waals surface area contributed by atoms with Crippen LogP contribution >= 0.6 is 27.3 Å². The molecular formula is C13H24BrN3O2S2. The Kier molecular flexibility index (Phi) is 7.29. The number of rotatable bonds is 8. The zero-order valence-electron chi connectivity index (χ0n) is 13.2. The van der Waals surface area contributed by atoms with Gasteiger partial charge in [-0.2, -0.15) is 4.31 Å². The third-order valence-corrected chi connectivity index (χ3v) is 7.05. The van der Waals surface area contributed by atoms with E-state index in [9.17, 15) is 8.42 Å². The molecule has 122 valence electrons. The number of nitrogens with one attached hydrogen (secondary N) is 1. The molecule has 1 heterocycles. The third kappa shape index (κ3) is 5.61. The van der Waals surface area contributed by atoms with Gasteiger partial charge in [-0.3, -0.25) is 0 Å². The van der Waals surface area contributed by atoms with Gasteiger partial charge in [-0.15, -0.1) is 11.3 Å². The Hall–Kier alpha value is 0.01000. The molecule has 0 atom stereocenters. The summed E-state index contributed by atoms with van der Waals surface area (Å²) in [6.45, 7) is 5.97. The van der Waals surface area contributed by atoms with Crippen molar-refractivity contribution in [3.8, 4) is 0 Å². The van der Waals surface area contributed by atoms with Crippen molar-refractivity contribution in [1.29, 1.82) is 0 Å². The van der Waals surface area contributed by atoms with Crippen LogP contribution in [-0.2, 0) is 16.6 Å². The lowest BCUT2D eigenvalue weighted by atomic mass is 10.4. The molecule has 0 aliphatic rings. The van der Waals surface area contributed by atoms with E-state index in [4.69, 9.17) is 0 Å². The van der Waals surface area contributed by atoms with Crippen LogP contribution in [0.25, 0.3) is 0 Å². The van der Waals surface area contributed by atoms with Gasteiger partial charge in [0.1, 0.15) is 4.90 Å². The van der Waals surface area contributed by atoms with Crippen LogP contribution in [0, 0.1) is 0 Å². The van der Waals surface area contributed by atoms with Gasteiger partial charge in [0.2, 0.25) is 10.0 Å². The molecule has 0 amide bonds. The molecule has 5 nitrogen and oxygen atoms in total. The fourth-order valence-corrected chi connectivity index (χ4v) is 5.34. The lowest BCUT2D eigenvalue weighted by Gasteiger charge is -2.19. The van der Waals surface area contributed by atoms with Crippen molar-refractivity contribution < 1.29 is 8.42 Å². The predicted octanol–water partition coefficient (Wildman–Crippen LogP) is 2.19. The van der Waals surface area contributed by atoms with E-state index in [0.717, 1.165) is 4.88 Å². The number of hydrogen-bond acceptors (Lipinski definition) is 5. The standard InChI is InChI=1S/C13H24BrN3O2S2/c1-10(2)15-9-11-8-12(13(14)20-11)21(18,19)17(5)7-6-16(3)4/h8,10,15H,6-7,9H2,1-5H3. The molecule has 1 aromatic heterocycles. The average molecular weight is 398 g/mol. The van der Waals surface area contributed by atoms with E-state index in [2.05, 4.69) is 35.1 Å². The van der Waals surface area contributed by atoms with Gasteiger partial charge in [0.05, 0.1) is 3.79 Å². The number of halogens is 1. The summed E-state index contributed by atoms with van der Waals surface area (Å²) in [5, 5.41) is 3.30. The van der Waals surface area contributed by atoms with E-state index < -0.39 is 10.0 Å². The molecule has 1 aromatic rings. The first-order valence-electron chi connectivity index (χ1n) is 6.77. The van der Waals surface area contributed by atoms with Crippen LogP contribution in [0.1, 0.15) is 18.7 Å². The Balaban J connectivity index is 2.87. The number of nitrogens with zero attached hydrogens (tertiary/aromatic N) is 2. The fraction of sp³-hybridized carbons (Fsp3) is 0.692. The zero-order valence-corrected chi connectivity index (χ0v) is 16.4. The minimum Gasteiger partial charge on any atom is -0.310 e. The highest BCUT2D eigenvalue weighted by molar-refractivity contribution is 9.11. The average Bonchev–Trinajstić information content (AvgIpc) is 2.75. The second-order valence-corrected chi connectivity index (χ2v) is 9.98. The van der Waals surface area contributed by atoms with Crippen molar-refractivity contribution in [2.24, 2.45) is 0 Å². The number of sulfonamides is 1. The second-order valence-electron chi connectivity index (χ2n) is 5.52. The first-order chi connectivity index (χ1) is 9.64. The maximum absolute atomic E-state index is 12.6. The largest absolute Gasteiger partial charge is 0.310 e. The molecule has 0 radical (unpaired) electrons. The molecule has 0 unspecified atom stereocenters. The molecule has 1 N–H and O–H groups in total. The predicted molar refractivity (Wildman–Crippen MR) is 92.4 cm³/mol. The van der Waals surface area contributed by atoms with E-state index >= 15 is 0 Å². The molecule has 0 bridgehead atoms. The van der Waals surface area contributed by atoms with Crippen molar-refractivity contribution >= 4 is 37.3 Å². The van der Waals surface area contributed by atoms with E-state index in [1.807, 2.05) is 19.0 Å². The normalized spacial score (nSPS) is 12.8. The van der Waals surface area contributed by atoms with Crippen molar-refractivity contribution in [3.05, 3.63) is 14.7 Å². The van der Waals surface area contributed by atoms with Crippen LogP contribution in [0.2, 0.25) is 0 Å². The SMILES string of the molecule is CC(C)NCc1cc(S(=O)(=O)N(C)CCN(C)C)c(Br)s1. The Morgan fingerprint density at radius 3 is 2.43 bits per heavy atom. The Labute approximate surface area is 140 Å². The summed E-state index contributed by atoms with van der Waals surface area (Å²) in [7, 11) is 2.03. The van der Waals surface area contributed by atoms with Crippen LogP contribution in [0.15, 0.2) is 14.7 Å². The summed E-state index contributed by atoms with van der Waals surface area (Å²) in [6.07, 6.45) is 0. The van der Waals surface area contributed by atoms with Crippen LogP contribution in [-0.4, -0.2) is 57.9 Å². The van der Waals surface area contributed by atoms with Gasteiger partial charge in [-0.25, -0.2) is 8.42 Å². The van der Waals surface area contributed by atoms with Crippen molar-refractivity contribution in [2.75, 3.05) is 34.2 Å². The van der Waals surface area contributed by atoms with Gasteiger partial charge in [0.25, 0.3) is 0 Å².